The molecule has 0 spiro atoms. The molecule has 2 aliphatic rings. The van der Waals surface area contributed by atoms with Crippen LogP contribution < -0.4 is 0 Å². The van der Waals surface area contributed by atoms with Crippen LogP contribution in [0.4, 0.5) is 0 Å². The second-order valence-corrected chi connectivity index (χ2v) is 6.48. The van der Waals surface area contributed by atoms with Crippen LogP contribution in [0.15, 0.2) is 54.6 Å². The summed E-state index contributed by atoms with van der Waals surface area (Å²) in [4.78, 5) is 28.7. The predicted molar refractivity (Wildman–Crippen MR) is 93.1 cm³/mol. The summed E-state index contributed by atoms with van der Waals surface area (Å²) in [6.07, 6.45) is -0.0647. The van der Waals surface area contributed by atoms with E-state index in [9.17, 15) is 9.59 Å². The summed E-state index contributed by atoms with van der Waals surface area (Å²) in [7, 11) is 0. The van der Waals surface area contributed by atoms with Crippen molar-refractivity contribution in [2.45, 2.75) is 19.1 Å². The third-order valence-electron chi connectivity index (χ3n) is 5.02. The van der Waals surface area contributed by atoms with Crippen LogP contribution in [-0.2, 0) is 4.74 Å². The number of morpholine rings is 1. The van der Waals surface area contributed by atoms with Gasteiger partial charge in [0.05, 0.1) is 30.5 Å². The SMILES string of the molecule is C[C@@H]1[C@@H](c2ccccc2)OCCN1CN1C(=O)c2ccccc2C1=O. The fraction of sp³-hybridized carbons (Fsp3) is 0.300. The highest BCUT2D eigenvalue weighted by atomic mass is 16.5. The molecule has 2 aromatic rings. The third-order valence-corrected chi connectivity index (χ3v) is 5.02. The molecule has 0 unspecified atom stereocenters. The molecular formula is C20H20N2O3. The lowest BCUT2D eigenvalue weighted by atomic mass is 10.0. The first kappa shape index (κ1) is 16.0. The molecule has 0 radical (unpaired) electrons. The Morgan fingerprint density at radius 1 is 0.960 bits per heavy atom. The molecule has 0 aliphatic carbocycles. The molecule has 128 valence electrons. The number of carbonyl (C=O) groups excluding carboxylic acids is 2. The van der Waals surface area contributed by atoms with E-state index in [2.05, 4.69) is 11.8 Å². The minimum Gasteiger partial charge on any atom is -0.371 e. The highest BCUT2D eigenvalue weighted by molar-refractivity contribution is 6.21. The van der Waals surface area contributed by atoms with Crippen LogP contribution in [0.2, 0.25) is 0 Å². The number of rotatable bonds is 3. The Bertz CT molecular complexity index is 771. The molecule has 2 amide bonds. The van der Waals surface area contributed by atoms with Crippen LogP contribution in [0.1, 0.15) is 39.3 Å². The maximum atomic E-state index is 12.6. The zero-order chi connectivity index (χ0) is 17.4. The van der Waals surface area contributed by atoms with Gasteiger partial charge in [-0.25, -0.2) is 0 Å². The first-order valence-electron chi connectivity index (χ1n) is 8.52. The molecule has 2 aromatic carbocycles. The van der Waals surface area contributed by atoms with Crippen molar-refractivity contribution >= 4 is 11.8 Å². The van der Waals surface area contributed by atoms with Crippen molar-refractivity contribution in [3.05, 3.63) is 71.3 Å². The van der Waals surface area contributed by atoms with Crippen molar-refractivity contribution in [2.75, 3.05) is 19.8 Å². The summed E-state index contributed by atoms with van der Waals surface area (Å²) in [6.45, 7) is 3.64. The Morgan fingerprint density at radius 2 is 1.56 bits per heavy atom. The summed E-state index contributed by atoms with van der Waals surface area (Å²) >= 11 is 0. The second-order valence-electron chi connectivity index (χ2n) is 6.48. The number of imide groups is 1. The topological polar surface area (TPSA) is 49.9 Å². The average molecular weight is 336 g/mol. The Labute approximate surface area is 146 Å². The molecule has 0 saturated carbocycles. The van der Waals surface area contributed by atoms with Crippen molar-refractivity contribution in [2.24, 2.45) is 0 Å². The van der Waals surface area contributed by atoms with Crippen LogP contribution in [0.25, 0.3) is 0 Å². The Kier molecular flexibility index (Phi) is 4.11. The molecule has 2 aliphatic heterocycles. The van der Waals surface area contributed by atoms with Crippen LogP contribution in [-0.4, -0.2) is 47.5 Å². The quantitative estimate of drug-likeness (QED) is 0.809. The number of amides is 2. The van der Waals surface area contributed by atoms with E-state index < -0.39 is 0 Å². The number of ether oxygens (including phenoxy) is 1. The molecule has 5 heteroatoms. The average Bonchev–Trinajstić information content (AvgIpc) is 2.89. The van der Waals surface area contributed by atoms with E-state index in [4.69, 9.17) is 4.74 Å². The number of hydrogen-bond donors (Lipinski definition) is 0. The molecule has 5 nitrogen and oxygen atoms in total. The van der Waals surface area contributed by atoms with Gasteiger partial charge < -0.3 is 4.74 Å². The lowest BCUT2D eigenvalue weighted by molar-refractivity contribution is -0.0769. The maximum Gasteiger partial charge on any atom is 0.262 e. The van der Waals surface area contributed by atoms with Gasteiger partial charge in [0, 0.05) is 12.6 Å². The summed E-state index contributed by atoms with van der Waals surface area (Å²) in [5.41, 5.74) is 2.10. The van der Waals surface area contributed by atoms with E-state index in [0.717, 1.165) is 5.56 Å². The van der Waals surface area contributed by atoms with Crippen molar-refractivity contribution < 1.29 is 14.3 Å². The largest absolute Gasteiger partial charge is 0.371 e. The molecule has 25 heavy (non-hydrogen) atoms. The summed E-state index contributed by atoms with van der Waals surface area (Å²) in [5.74, 6) is -0.425. The van der Waals surface area contributed by atoms with Crippen LogP contribution in [0.5, 0.6) is 0 Å². The Hall–Kier alpha value is -2.50. The lowest BCUT2D eigenvalue weighted by Gasteiger charge is -2.40. The van der Waals surface area contributed by atoms with E-state index in [-0.39, 0.29) is 24.0 Å². The second kappa shape index (κ2) is 6.43. The first-order valence-corrected chi connectivity index (χ1v) is 8.52. The van der Waals surface area contributed by atoms with Crippen LogP contribution in [0.3, 0.4) is 0 Å². The van der Waals surface area contributed by atoms with Crippen molar-refractivity contribution in [1.82, 2.24) is 9.80 Å². The number of benzene rings is 2. The minimum absolute atomic E-state index is 0.0647. The highest BCUT2D eigenvalue weighted by Gasteiger charge is 2.38. The van der Waals surface area contributed by atoms with Gasteiger partial charge in [0.2, 0.25) is 0 Å². The van der Waals surface area contributed by atoms with Gasteiger partial charge in [-0.05, 0) is 24.6 Å². The zero-order valence-corrected chi connectivity index (χ0v) is 14.1. The van der Waals surface area contributed by atoms with E-state index >= 15 is 0 Å². The van der Waals surface area contributed by atoms with Gasteiger partial charge in [-0.3, -0.25) is 19.4 Å². The summed E-state index contributed by atoms with van der Waals surface area (Å²) < 4.78 is 5.96. The predicted octanol–water partition coefficient (Wildman–Crippen LogP) is 2.70. The molecule has 4 rings (SSSR count). The molecular weight excluding hydrogens is 316 g/mol. The standard InChI is InChI=1S/C20H20N2O3/c1-14-18(15-7-3-2-4-8-15)25-12-11-21(14)13-22-19(23)16-9-5-6-10-17(16)20(22)24/h2-10,14,18H,11-13H2,1H3/t14-,18+/m1/s1. The molecule has 0 bridgehead atoms. The van der Waals surface area contributed by atoms with Gasteiger partial charge in [-0.15, -0.1) is 0 Å². The van der Waals surface area contributed by atoms with E-state index in [1.54, 1.807) is 24.3 Å². The van der Waals surface area contributed by atoms with Crippen molar-refractivity contribution in [1.29, 1.82) is 0 Å². The van der Waals surface area contributed by atoms with Gasteiger partial charge in [0.15, 0.2) is 0 Å². The highest BCUT2D eigenvalue weighted by Crippen LogP contribution is 2.30. The number of nitrogens with zero attached hydrogens (tertiary/aromatic N) is 2. The zero-order valence-electron chi connectivity index (χ0n) is 14.1. The van der Waals surface area contributed by atoms with E-state index in [1.807, 2.05) is 30.3 Å². The molecule has 0 N–H and O–H groups in total. The van der Waals surface area contributed by atoms with Crippen molar-refractivity contribution in [3.63, 3.8) is 0 Å². The summed E-state index contributed by atoms with van der Waals surface area (Å²) in [5, 5.41) is 0. The molecule has 1 saturated heterocycles. The van der Waals surface area contributed by atoms with E-state index in [1.165, 1.54) is 4.90 Å². The van der Waals surface area contributed by atoms with Gasteiger partial charge in [0.25, 0.3) is 11.8 Å². The van der Waals surface area contributed by atoms with Crippen molar-refractivity contribution in [3.8, 4) is 0 Å². The molecule has 0 aromatic heterocycles. The van der Waals surface area contributed by atoms with Gasteiger partial charge >= 0.3 is 0 Å². The molecule has 2 heterocycles. The Morgan fingerprint density at radius 3 is 2.20 bits per heavy atom. The number of carbonyl (C=O) groups is 2. The lowest BCUT2D eigenvalue weighted by Crippen LogP contribution is -2.51. The number of hydrogen-bond acceptors (Lipinski definition) is 4. The fourth-order valence-electron chi connectivity index (χ4n) is 3.60. The minimum atomic E-state index is -0.212. The maximum absolute atomic E-state index is 12.6. The monoisotopic (exact) mass is 336 g/mol. The third kappa shape index (κ3) is 2.75. The van der Waals surface area contributed by atoms with Gasteiger partial charge in [0.1, 0.15) is 0 Å². The van der Waals surface area contributed by atoms with Gasteiger partial charge in [-0.2, -0.15) is 0 Å². The van der Waals surface area contributed by atoms with E-state index in [0.29, 0.717) is 30.9 Å². The normalized spacial score (nSPS) is 23.8. The Balaban J connectivity index is 1.53. The van der Waals surface area contributed by atoms with Crippen LogP contribution >= 0.6 is 0 Å². The fourth-order valence-corrected chi connectivity index (χ4v) is 3.60. The first-order chi connectivity index (χ1) is 12.2. The molecule has 1 fully saturated rings. The van der Waals surface area contributed by atoms with Gasteiger partial charge in [-0.1, -0.05) is 42.5 Å². The van der Waals surface area contributed by atoms with Crippen LogP contribution in [0, 0.1) is 0 Å². The molecule has 2 atom stereocenters. The number of fused-ring (bicyclic) bond motifs is 1. The summed E-state index contributed by atoms with van der Waals surface area (Å²) in [6, 6.07) is 17.1. The smallest absolute Gasteiger partial charge is 0.262 e.